The number of carbonyl (C=O) groups excluding carboxylic acids is 2. The first-order valence-electron chi connectivity index (χ1n) is 7.64. The van der Waals surface area contributed by atoms with Gasteiger partial charge in [-0.05, 0) is 36.4 Å². The smallest absolute Gasteiger partial charge is 0.267 e. The number of nitrogens with one attached hydrogen (secondary N) is 1. The number of primary amides is 1. The first-order valence-corrected chi connectivity index (χ1v) is 7.64. The van der Waals surface area contributed by atoms with Crippen molar-refractivity contribution in [1.82, 2.24) is 10.3 Å². The van der Waals surface area contributed by atoms with Crippen LogP contribution in [-0.2, 0) is 16.1 Å². The molecule has 0 unspecified atom stereocenters. The first kappa shape index (κ1) is 16.6. The Balaban J connectivity index is 1.74. The molecule has 1 aromatic carbocycles. The predicted molar refractivity (Wildman–Crippen MR) is 90.0 cm³/mol. The molecule has 0 radical (unpaired) electrons. The molecular formula is C17H16FN5O2. The molecule has 2 amide bonds. The van der Waals surface area contributed by atoms with Crippen molar-refractivity contribution in [2.24, 2.45) is 10.8 Å². The number of halogens is 1. The molecule has 0 saturated heterocycles. The van der Waals surface area contributed by atoms with Gasteiger partial charge in [-0.3, -0.25) is 19.6 Å². The van der Waals surface area contributed by atoms with Gasteiger partial charge in [0, 0.05) is 12.6 Å². The van der Waals surface area contributed by atoms with E-state index in [0.717, 1.165) is 0 Å². The lowest BCUT2D eigenvalue weighted by Gasteiger charge is -2.20. The van der Waals surface area contributed by atoms with E-state index >= 15 is 0 Å². The SMILES string of the molecule is NC(=O)[C@@H]1CC(C(=O)NCc2ccccn2)=NN1c1ccc(F)cc1. The molecule has 0 bridgehead atoms. The first-order chi connectivity index (χ1) is 12.0. The summed E-state index contributed by atoms with van der Waals surface area (Å²) in [6.45, 7) is 0.247. The van der Waals surface area contributed by atoms with Crippen LogP contribution in [0.1, 0.15) is 12.1 Å². The van der Waals surface area contributed by atoms with E-state index < -0.39 is 23.7 Å². The van der Waals surface area contributed by atoms with Gasteiger partial charge >= 0.3 is 0 Å². The lowest BCUT2D eigenvalue weighted by molar-refractivity contribution is -0.119. The topological polar surface area (TPSA) is 101 Å². The van der Waals surface area contributed by atoms with E-state index in [2.05, 4.69) is 15.4 Å². The third-order valence-electron chi connectivity index (χ3n) is 3.75. The molecule has 0 spiro atoms. The average Bonchev–Trinajstić information content (AvgIpc) is 3.07. The van der Waals surface area contributed by atoms with Crippen LogP contribution in [0.2, 0.25) is 0 Å². The van der Waals surface area contributed by atoms with Crippen LogP contribution >= 0.6 is 0 Å². The van der Waals surface area contributed by atoms with Gasteiger partial charge in [0.2, 0.25) is 5.91 Å². The van der Waals surface area contributed by atoms with Gasteiger partial charge in [0.25, 0.3) is 5.91 Å². The second-order valence-electron chi connectivity index (χ2n) is 5.49. The summed E-state index contributed by atoms with van der Waals surface area (Å²) in [5.74, 6) is -1.42. The molecule has 3 N–H and O–H groups in total. The van der Waals surface area contributed by atoms with Crippen molar-refractivity contribution in [3.63, 3.8) is 0 Å². The zero-order chi connectivity index (χ0) is 17.8. The highest BCUT2D eigenvalue weighted by Gasteiger charge is 2.34. The highest BCUT2D eigenvalue weighted by Crippen LogP contribution is 2.24. The molecule has 0 aliphatic carbocycles. The molecule has 25 heavy (non-hydrogen) atoms. The number of rotatable bonds is 5. The summed E-state index contributed by atoms with van der Waals surface area (Å²) in [7, 11) is 0. The number of anilines is 1. The van der Waals surface area contributed by atoms with E-state index in [4.69, 9.17) is 5.73 Å². The Morgan fingerprint density at radius 1 is 1.24 bits per heavy atom. The number of hydrogen-bond acceptors (Lipinski definition) is 5. The van der Waals surface area contributed by atoms with Gasteiger partial charge in [-0.1, -0.05) is 6.07 Å². The van der Waals surface area contributed by atoms with E-state index in [1.54, 1.807) is 18.3 Å². The third-order valence-corrected chi connectivity index (χ3v) is 3.75. The summed E-state index contributed by atoms with van der Waals surface area (Å²) in [5, 5.41) is 8.25. The monoisotopic (exact) mass is 341 g/mol. The third kappa shape index (κ3) is 3.79. The average molecular weight is 341 g/mol. The molecule has 3 rings (SSSR count). The van der Waals surface area contributed by atoms with Crippen molar-refractivity contribution < 1.29 is 14.0 Å². The minimum atomic E-state index is -0.791. The Bertz CT molecular complexity index is 808. The van der Waals surface area contributed by atoms with Crippen molar-refractivity contribution in [2.75, 3.05) is 5.01 Å². The summed E-state index contributed by atoms with van der Waals surface area (Å²) in [5.41, 5.74) is 6.79. The standard InChI is InChI=1S/C17H16FN5O2/c18-11-4-6-13(7-5-11)23-15(16(19)24)9-14(22-23)17(25)21-10-12-3-1-2-8-20-12/h1-8,15H,9-10H2,(H2,19,24)(H,21,25)/t15-/m0/s1. The molecule has 8 heteroatoms. The summed E-state index contributed by atoms with van der Waals surface area (Å²) in [6, 6.07) is 10.1. The Hall–Kier alpha value is -3.29. The summed E-state index contributed by atoms with van der Waals surface area (Å²) < 4.78 is 13.1. The van der Waals surface area contributed by atoms with Gasteiger partial charge in [0.05, 0.1) is 17.9 Å². The minimum Gasteiger partial charge on any atom is -0.368 e. The Morgan fingerprint density at radius 3 is 2.64 bits per heavy atom. The molecule has 1 aromatic heterocycles. The van der Waals surface area contributed by atoms with Crippen LogP contribution in [0.15, 0.2) is 53.8 Å². The number of hydrazone groups is 1. The zero-order valence-electron chi connectivity index (χ0n) is 13.2. The van der Waals surface area contributed by atoms with E-state index in [9.17, 15) is 14.0 Å². The maximum atomic E-state index is 13.1. The van der Waals surface area contributed by atoms with Crippen molar-refractivity contribution >= 4 is 23.2 Å². The van der Waals surface area contributed by atoms with Gasteiger partial charge < -0.3 is 11.1 Å². The predicted octanol–water partition coefficient (Wildman–Crippen LogP) is 0.957. The van der Waals surface area contributed by atoms with Crippen LogP contribution < -0.4 is 16.1 Å². The maximum Gasteiger partial charge on any atom is 0.267 e. The van der Waals surface area contributed by atoms with Crippen LogP contribution in [-0.4, -0.2) is 28.6 Å². The van der Waals surface area contributed by atoms with Crippen LogP contribution in [0.3, 0.4) is 0 Å². The molecule has 128 valence electrons. The minimum absolute atomic E-state index is 0.0841. The molecule has 0 saturated carbocycles. The van der Waals surface area contributed by atoms with Gasteiger partial charge in [0.15, 0.2) is 0 Å². The number of carbonyl (C=O) groups is 2. The number of amides is 2. The number of nitrogens with zero attached hydrogens (tertiary/aromatic N) is 3. The van der Waals surface area contributed by atoms with Crippen LogP contribution in [0.4, 0.5) is 10.1 Å². The molecule has 7 nitrogen and oxygen atoms in total. The highest BCUT2D eigenvalue weighted by atomic mass is 19.1. The van der Waals surface area contributed by atoms with Crippen molar-refractivity contribution in [1.29, 1.82) is 0 Å². The second kappa shape index (κ2) is 7.08. The Morgan fingerprint density at radius 2 is 2.00 bits per heavy atom. The fourth-order valence-electron chi connectivity index (χ4n) is 2.48. The van der Waals surface area contributed by atoms with Crippen LogP contribution in [0, 0.1) is 5.82 Å². The Kier molecular flexibility index (Phi) is 4.69. The van der Waals surface area contributed by atoms with Crippen molar-refractivity contribution in [3.8, 4) is 0 Å². The maximum absolute atomic E-state index is 13.1. The fourth-order valence-corrected chi connectivity index (χ4v) is 2.48. The summed E-state index contributed by atoms with van der Waals surface area (Å²) >= 11 is 0. The van der Waals surface area contributed by atoms with Crippen molar-refractivity contribution in [2.45, 2.75) is 19.0 Å². The van der Waals surface area contributed by atoms with Crippen molar-refractivity contribution in [3.05, 3.63) is 60.2 Å². The van der Waals surface area contributed by atoms with Gasteiger partial charge in [0.1, 0.15) is 17.6 Å². The molecular weight excluding hydrogens is 325 g/mol. The van der Waals surface area contributed by atoms with Gasteiger partial charge in [-0.15, -0.1) is 0 Å². The lowest BCUT2D eigenvalue weighted by atomic mass is 10.1. The quantitative estimate of drug-likeness (QED) is 0.846. The van der Waals surface area contributed by atoms with E-state index in [1.807, 2.05) is 6.07 Å². The molecule has 2 heterocycles. The normalized spacial score (nSPS) is 16.4. The number of pyridine rings is 1. The second-order valence-corrected chi connectivity index (χ2v) is 5.49. The molecule has 1 aliphatic rings. The van der Waals surface area contributed by atoms with Gasteiger partial charge in [-0.2, -0.15) is 5.10 Å². The number of aromatic nitrogens is 1. The number of benzene rings is 1. The molecule has 1 atom stereocenters. The van der Waals surface area contributed by atoms with Crippen LogP contribution in [0.5, 0.6) is 0 Å². The lowest BCUT2D eigenvalue weighted by Crippen LogP contribution is -2.39. The van der Waals surface area contributed by atoms with E-state index in [-0.39, 0.29) is 18.7 Å². The van der Waals surface area contributed by atoms with Crippen LogP contribution in [0.25, 0.3) is 0 Å². The van der Waals surface area contributed by atoms with Gasteiger partial charge in [-0.25, -0.2) is 4.39 Å². The molecule has 0 fully saturated rings. The summed E-state index contributed by atoms with van der Waals surface area (Å²) in [6.07, 6.45) is 1.72. The van der Waals surface area contributed by atoms with E-state index in [0.29, 0.717) is 11.4 Å². The molecule has 2 aromatic rings. The molecule has 1 aliphatic heterocycles. The Labute approximate surface area is 143 Å². The number of hydrogen-bond donors (Lipinski definition) is 2. The fraction of sp³-hybridized carbons (Fsp3) is 0.176. The largest absolute Gasteiger partial charge is 0.368 e. The van der Waals surface area contributed by atoms with E-state index in [1.165, 1.54) is 29.3 Å². The zero-order valence-corrected chi connectivity index (χ0v) is 13.2. The highest BCUT2D eigenvalue weighted by molar-refractivity contribution is 6.40. The number of nitrogens with two attached hydrogens (primary N) is 1. The summed E-state index contributed by atoms with van der Waals surface area (Å²) in [4.78, 5) is 28.1.